The number of nitrogens with one attached hydrogen (secondary N) is 1. The number of anilines is 1. The zero-order valence-electron chi connectivity index (χ0n) is 10.8. The average molecular weight is 314 g/mol. The van der Waals surface area contributed by atoms with Crippen molar-refractivity contribution in [2.24, 2.45) is 5.41 Å². The van der Waals surface area contributed by atoms with Gasteiger partial charge in [-0.15, -0.1) is 0 Å². The number of hydrogen-bond acceptors (Lipinski definition) is 4. The summed E-state index contributed by atoms with van der Waals surface area (Å²) in [7, 11) is 0. The summed E-state index contributed by atoms with van der Waals surface area (Å²) in [6.07, 6.45) is 0.838. The molecule has 0 aromatic heterocycles. The van der Waals surface area contributed by atoms with Crippen LogP contribution in [0.2, 0.25) is 0 Å². The molecule has 1 aromatic carbocycles. The van der Waals surface area contributed by atoms with Gasteiger partial charge in [-0.05, 0) is 0 Å². The van der Waals surface area contributed by atoms with E-state index in [0.29, 0.717) is 0 Å². The maximum atomic E-state index is 11.8. The van der Waals surface area contributed by atoms with Gasteiger partial charge in [-0.1, -0.05) is 0 Å². The van der Waals surface area contributed by atoms with Crippen LogP contribution in [0.3, 0.4) is 0 Å². The molecule has 1 rings (SSSR count). The predicted molar refractivity (Wildman–Crippen MR) is 70.3 cm³/mol. The first-order valence-electron chi connectivity index (χ1n) is 5.09. The van der Waals surface area contributed by atoms with Crippen molar-refractivity contribution >= 4 is 32.5 Å². The van der Waals surface area contributed by atoms with Crippen LogP contribution in [0, 0.1) is 5.41 Å². The molecule has 0 atom stereocenters. The SMILES string of the molecule is CCC(C)(C)C(=O)Nc1cc[c]([Ge+3])cc1.[OH-].[OH-].[OH-]. The molecule has 0 radical (unpaired) electrons. The Morgan fingerprint density at radius 3 is 2.00 bits per heavy atom. The first kappa shape index (κ1) is 22.3. The Bertz CT molecular complexity index is 352. The van der Waals surface area contributed by atoms with Crippen LogP contribution in [-0.2, 0) is 4.79 Å². The first-order valence-corrected chi connectivity index (χ1v) is 6.14. The minimum absolute atomic E-state index is 0. The molecule has 0 unspecified atom stereocenters. The van der Waals surface area contributed by atoms with Gasteiger partial charge < -0.3 is 16.4 Å². The summed E-state index contributed by atoms with van der Waals surface area (Å²) >= 11 is 2.03. The van der Waals surface area contributed by atoms with Gasteiger partial charge >= 0.3 is 99.5 Å². The van der Waals surface area contributed by atoms with Gasteiger partial charge in [0.1, 0.15) is 0 Å². The monoisotopic (exact) mass is 315 g/mol. The second-order valence-corrected chi connectivity index (χ2v) is 5.48. The molecule has 6 heteroatoms. The molecule has 0 aliphatic heterocycles. The standard InChI is InChI=1S/C12H16GeNO.3H2O/c1-4-12(2,3)11(15)14-10-7-5-9(13)6-8-10;;;/h5-8H,4H2,1-3H3,(H,14,15);3*1H2/q+3;;;/p-3. The second kappa shape index (κ2) is 9.10. The van der Waals surface area contributed by atoms with Crippen LogP contribution in [0.4, 0.5) is 5.69 Å². The molecule has 0 aliphatic rings. The van der Waals surface area contributed by atoms with Crippen LogP contribution >= 0.6 is 0 Å². The van der Waals surface area contributed by atoms with E-state index in [0.717, 1.165) is 12.1 Å². The van der Waals surface area contributed by atoms with E-state index in [1.165, 1.54) is 4.40 Å². The van der Waals surface area contributed by atoms with Crippen LogP contribution in [-0.4, -0.2) is 38.8 Å². The van der Waals surface area contributed by atoms with Crippen molar-refractivity contribution in [2.45, 2.75) is 27.2 Å². The molecule has 0 spiro atoms. The summed E-state index contributed by atoms with van der Waals surface area (Å²) < 4.78 is 1.20. The second-order valence-electron chi connectivity index (χ2n) is 4.27. The molecule has 0 bridgehead atoms. The van der Waals surface area contributed by atoms with Gasteiger partial charge in [0.25, 0.3) is 0 Å². The van der Waals surface area contributed by atoms with Crippen LogP contribution in [0.5, 0.6) is 0 Å². The third-order valence-electron chi connectivity index (χ3n) is 2.64. The average Bonchev–Trinajstić information content (AvgIpc) is 2.21. The summed E-state index contributed by atoms with van der Waals surface area (Å²) in [4.78, 5) is 11.8. The number of rotatable bonds is 3. The van der Waals surface area contributed by atoms with Gasteiger partial charge in [0.05, 0.1) is 0 Å². The van der Waals surface area contributed by atoms with Crippen LogP contribution < -0.4 is 9.71 Å². The molecule has 1 aromatic rings. The van der Waals surface area contributed by atoms with Gasteiger partial charge in [0.15, 0.2) is 0 Å². The molecule has 0 fully saturated rings. The summed E-state index contributed by atoms with van der Waals surface area (Å²) in [5, 5.41) is 2.92. The smallest absolute Gasteiger partial charge is 0.870 e. The maximum absolute atomic E-state index is 11.8. The Morgan fingerprint density at radius 2 is 1.61 bits per heavy atom. The zero-order valence-corrected chi connectivity index (χ0v) is 12.9. The Labute approximate surface area is 116 Å². The van der Waals surface area contributed by atoms with E-state index in [1.807, 2.05) is 61.6 Å². The minimum atomic E-state index is -0.301. The summed E-state index contributed by atoms with van der Waals surface area (Å²) in [6.45, 7) is 5.93. The normalized spacial score (nSPS) is 9.39. The summed E-state index contributed by atoms with van der Waals surface area (Å²) in [5.41, 5.74) is 0.567. The van der Waals surface area contributed by atoms with E-state index in [2.05, 4.69) is 5.32 Å². The van der Waals surface area contributed by atoms with Crippen molar-refractivity contribution in [1.82, 2.24) is 0 Å². The zero-order chi connectivity index (χ0) is 11.5. The molecule has 100 valence electrons. The Balaban J connectivity index is -0.000000750. The summed E-state index contributed by atoms with van der Waals surface area (Å²) in [6, 6.07) is 7.85. The fourth-order valence-corrected chi connectivity index (χ4v) is 1.36. The fraction of sp³-hybridized carbons (Fsp3) is 0.417. The Morgan fingerprint density at radius 1 is 1.17 bits per heavy atom. The third-order valence-corrected chi connectivity index (χ3v) is 3.34. The Hall–Kier alpha value is -0.887. The molecular weight excluding hydrogens is 295 g/mol. The number of carbonyl (C=O) groups is 1. The van der Waals surface area contributed by atoms with Crippen molar-refractivity contribution in [2.75, 3.05) is 5.32 Å². The minimum Gasteiger partial charge on any atom is -0.870 e. The maximum Gasteiger partial charge on any atom is -0.870 e. The fourth-order valence-electron chi connectivity index (χ4n) is 1.01. The van der Waals surface area contributed by atoms with E-state index < -0.39 is 0 Å². The molecule has 0 saturated heterocycles. The van der Waals surface area contributed by atoms with Crippen molar-refractivity contribution < 1.29 is 21.2 Å². The van der Waals surface area contributed by atoms with Crippen molar-refractivity contribution in [1.29, 1.82) is 0 Å². The molecule has 18 heavy (non-hydrogen) atoms. The van der Waals surface area contributed by atoms with Crippen molar-refractivity contribution in [3.05, 3.63) is 24.3 Å². The number of amides is 1. The van der Waals surface area contributed by atoms with Crippen LogP contribution in [0.15, 0.2) is 24.3 Å². The van der Waals surface area contributed by atoms with Gasteiger partial charge in [-0.2, -0.15) is 0 Å². The molecule has 0 aliphatic carbocycles. The topological polar surface area (TPSA) is 119 Å². The quantitative estimate of drug-likeness (QED) is 0.846. The van der Waals surface area contributed by atoms with E-state index in [1.54, 1.807) is 0 Å². The van der Waals surface area contributed by atoms with Crippen LogP contribution in [0.1, 0.15) is 27.2 Å². The van der Waals surface area contributed by atoms with Gasteiger partial charge in [-0.3, -0.25) is 0 Å². The molecule has 4 N–H and O–H groups in total. The summed E-state index contributed by atoms with van der Waals surface area (Å²) in [5.74, 6) is 0.0776. The largest absolute Gasteiger partial charge is 0.870 e. The number of carbonyl (C=O) groups excluding carboxylic acids is 1. The third kappa shape index (κ3) is 6.16. The molecule has 1 amide bonds. The first-order chi connectivity index (χ1) is 6.95. The number of benzene rings is 1. The van der Waals surface area contributed by atoms with E-state index >= 15 is 0 Å². The predicted octanol–water partition coefficient (Wildman–Crippen LogP) is 1.32. The van der Waals surface area contributed by atoms with Gasteiger partial charge in [0, 0.05) is 0 Å². The molecule has 0 heterocycles. The van der Waals surface area contributed by atoms with Crippen LogP contribution in [0.25, 0.3) is 0 Å². The Kier molecular flexibility index (Phi) is 11.3. The molecular formula is C12H19GeNO4. The van der Waals surface area contributed by atoms with E-state index in [-0.39, 0.29) is 27.8 Å². The van der Waals surface area contributed by atoms with E-state index in [4.69, 9.17) is 0 Å². The van der Waals surface area contributed by atoms with Gasteiger partial charge in [0.2, 0.25) is 0 Å². The van der Waals surface area contributed by atoms with Gasteiger partial charge in [-0.25, -0.2) is 0 Å². The number of hydrogen-bond donors (Lipinski definition) is 1. The van der Waals surface area contributed by atoms with E-state index in [9.17, 15) is 4.79 Å². The molecule has 0 saturated carbocycles. The van der Waals surface area contributed by atoms with Crippen molar-refractivity contribution in [3.8, 4) is 0 Å². The van der Waals surface area contributed by atoms with Crippen molar-refractivity contribution in [3.63, 3.8) is 0 Å². The molecule has 5 nitrogen and oxygen atoms in total.